The van der Waals surface area contributed by atoms with Gasteiger partial charge >= 0.3 is 5.97 Å². The quantitative estimate of drug-likeness (QED) is 0.827. The predicted molar refractivity (Wildman–Crippen MR) is 101 cm³/mol. The zero-order valence-electron chi connectivity index (χ0n) is 15.7. The van der Waals surface area contributed by atoms with Gasteiger partial charge in [0.05, 0.1) is 23.9 Å². The highest BCUT2D eigenvalue weighted by molar-refractivity contribution is 5.88. The van der Waals surface area contributed by atoms with Crippen LogP contribution in [0.15, 0.2) is 52.7 Å². The molecule has 2 N–H and O–H groups in total. The molecule has 0 bridgehead atoms. The first kappa shape index (κ1) is 18.7. The van der Waals surface area contributed by atoms with Crippen LogP contribution in [0.2, 0.25) is 0 Å². The molecule has 0 saturated heterocycles. The first-order valence-electron chi connectivity index (χ1n) is 9.27. The molecule has 0 aliphatic heterocycles. The summed E-state index contributed by atoms with van der Waals surface area (Å²) in [5.41, 5.74) is 7.67. The lowest BCUT2D eigenvalue weighted by Gasteiger charge is -2.43. The van der Waals surface area contributed by atoms with Gasteiger partial charge < -0.3 is 10.5 Å². The van der Waals surface area contributed by atoms with E-state index in [4.69, 9.17) is 10.5 Å². The van der Waals surface area contributed by atoms with Crippen molar-refractivity contribution in [3.8, 4) is 12.1 Å². The Hall–Kier alpha value is -3.05. The van der Waals surface area contributed by atoms with Crippen molar-refractivity contribution in [1.29, 1.82) is 10.5 Å². The van der Waals surface area contributed by atoms with E-state index in [9.17, 15) is 15.3 Å². The van der Waals surface area contributed by atoms with E-state index in [2.05, 4.69) is 19.1 Å². The average Bonchev–Trinajstić information content (AvgIpc) is 2.68. The molecule has 2 aliphatic rings. The summed E-state index contributed by atoms with van der Waals surface area (Å²) in [4.78, 5) is 13.1. The fourth-order valence-electron chi connectivity index (χ4n) is 4.37. The van der Waals surface area contributed by atoms with E-state index in [1.807, 2.05) is 30.3 Å². The van der Waals surface area contributed by atoms with Gasteiger partial charge in [-0.3, -0.25) is 0 Å². The summed E-state index contributed by atoms with van der Waals surface area (Å²) >= 11 is 0. The number of esters is 1. The van der Waals surface area contributed by atoms with E-state index in [-0.39, 0.29) is 17.9 Å². The van der Waals surface area contributed by atoms with Crippen molar-refractivity contribution < 1.29 is 9.53 Å². The second-order valence-corrected chi connectivity index (χ2v) is 7.24. The van der Waals surface area contributed by atoms with Gasteiger partial charge in [0.25, 0.3) is 0 Å². The number of hydrogen-bond donors (Lipinski definition) is 1. The summed E-state index contributed by atoms with van der Waals surface area (Å²) in [6, 6.07) is 13.8. The van der Waals surface area contributed by atoms with Crippen molar-refractivity contribution in [3.63, 3.8) is 0 Å². The van der Waals surface area contributed by atoms with Gasteiger partial charge in [0.2, 0.25) is 5.41 Å². The van der Waals surface area contributed by atoms with Crippen LogP contribution in [0.1, 0.15) is 44.6 Å². The fourth-order valence-corrected chi connectivity index (χ4v) is 4.37. The van der Waals surface area contributed by atoms with E-state index in [1.165, 1.54) is 0 Å². The molecule has 0 heterocycles. The van der Waals surface area contributed by atoms with Crippen molar-refractivity contribution in [2.24, 2.45) is 17.1 Å². The molecule has 5 nitrogen and oxygen atoms in total. The number of nitrogens with two attached hydrogens (primary N) is 1. The number of allylic oxidation sites excluding steroid dienone is 3. The Morgan fingerprint density at radius 1 is 1.33 bits per heavy atom. The van der Waals surface area contributed by atoms with Gasteiger partial charge in [0, 0.05) is 5.92 Å². The molecule has 5 heteroatoms. The van der Waals surface area contributed by atoms with E-state index < -0.39 is 17.3 Å². The molecule has 27 heavy (non-hydrogen) atoms. The highest BCUT2D eigenvalue weighted by Gasteiger charge is 2.56. The topological polar surface area (TPSA) is 99.9 Å². The molecular weight excluding hydrogens is 338 g/mol. The maximum absolute atomic E-state index is 13.1. The van der Waals surface area contributed by atoms with Crippen molar-refractivity contribution >= 4 is 5.97 Å². The minimum absolute atomic E-state index is 0.0214. The number of nitriles is 2. The summed E-state index contributed by atoms with van der Waals surface area (Å²) in [5.74, 6) is -0.818. The third kappa shape index (κ3) is 2.80. The SMILES string of the molecule is CCOC(=O)[C@]1(C#N)C(N)=C(C#N)C2=C(C[C@@H](C)CC2)[C@@H]1c1ccccc1. The van der Waals surface area contributed by atoms with Crippen LogP contribution in [-0.4, -0.2) is 12.6 Å². The van der Waals surface area contributed by atoms with Crippen LogP contribution in [0.5, 0.6) is 0 Å². The molecular formula is C22H23N3O2. The lowest BCUT2D eigenvalue weighted by molar-refractivity contribution is -0.151. The summed E-state index contributed by atoms with van der Waals surface area (Å²) < 4.78 is 5.29. The molecule has 3 atom stereocenters. The highest BCUT2D eigenvalue weighted by Crippen LogP contribution is 2.55. The lowest BCUT2D eigenvalue weighted by atomic mass is 9.58. The number of hydrogen-bond acceptors (Lipinski definition) is 5. The Labute approximate surface area is 159 Å². The molecule has 138 valence electrons. The Kier molecular flexibility index (Phi) is 5.06. The molecule has 3 rings (SSSR count). The van der Waals surface area contributed by atoms with Crippen LogP contribution in [0, 0.1) is 34.0 Å². The van der Waals surface area contributed by atoms with Gasteiger partial charge in [0.15, 0.2) is 0 Å². The summed E-state index contributed by atoms with van der Waals surface area (Å²) in [6.45, 7) is 3.99. The maximum Gasteiger partial charge on any atom is 0.333 e. The Morgan fingerprint density at radius 2 is 2.04 bits per heavy atom. The van der Waals surface area contributed by atoms with Crippen LogP contribution in [0.4, 0.5) is 0 Å². The van der Waals surface area contributed by atoms with Gasteiger partial charge in [-0.25, -0.2) is 4.79 Å². The highest BCUT2D eigenvalue weighted by atomic mass is 16.5. The van der Waals surface area contributed by atoms with Gasteiger partial charge in [-0.05, 0) is 43.2 Å². The van der Waals surface area contributed by atoms with Crippen molar-refractivity contribution in [1.82, 2.24) is 0 Å². The number of nitrogens with zero attached hydrogens (tertiary/aromatic N) is 2. The molecule has 2 aliphatic carbocycles. The largest absolute Gasteiger partial charge is 0.464 e. The normalized spacial score (nSPS) is 27.4. The molecule has 0 unspecified atom stereocenters. The smallest absolute Gasteiger partial charge is 0.333 e. The number of benzene rings is 1. The molecule has 1 aromatic rings. The van der Waals surface area contributed by atoms with Crippen molar-refractivity contribution in [2.75, 3.05) is 6.61 Å². The maximum atomic E-state index is 13.1. The Bertz CT molecular complexity index is 902. The summed E-state index contributed by atoms with van der Waals surface area (Å²) in [6.07, 6.45) is 2.42. The Morgan fingerprint density at radius 3 is 2.63 bits per heavy atom. The van der Waals surface area contributed by atoms with E-state index in [0.717, 1.165) is 36.0 Å². The van der Waals surface area contributed by atoms with Gasteiger partial charge in [-0.15, -0.1) is 0 Å². The Balaban J connectivity index is 2.35. The minimum atomic E-state index is -1.72. The molecule has 1 aromatic carbocycles. The molecule has 0 fully saturated rings. The van der Waals surface area contributed by atoms with Crippen LogP contribution >= 0.6 is 0 Å². The number of carbonyl (C=O) groups is 1. The monoisotopic (exact) mass is 361 g/mol. The van der Waals surface area contributed by atoms with Crippen LogP contribution < -0.4 is 5.73 Å². The van der Waals surface area contributed by atoms with E-state index >= 15 is 0 Å². The lowest BCUT2D eigenvalue weighted by Crippen LogP contribution is -2.46. The van der Waals surface area contributed by atoms with Crippen molar-refractivity contribution in [3.05, 3.63) is 58.3 Å². The van der Waals surface area contributed by atoms with Gasteiger partial charge in [-0.2, -0.15) is 10.5 Å². The van der Waals surface area contributed by atoms with Crippen molar-refractivity contribution in [2.45, 2.75) is 39.0 Å². The summed E-state index contributed by atoms with van der Waals surface area (Å²) in [5, 5.41) is 20.0. The molecule has 0 amide bonds. The number of carbonyl (C=O) groups excluding carboxylic acids is 1. The third-order valence-electron chi connectivity index (χ3n) is 5.64. The first-order chi connectivity index (χ1) is 13.0. The zero-order chi connectivity index (χ0) is 19.6. The average molecular weight is 361 g/mol. The standard InChI is InChI=1S/C22H23N3O2/c1-3-27-21(26)22(13-24)19(15-7-5-4-6-8-15)17-11-14(2)9-10-16(17)18(12-23)20(22)25/h4-8,14,19H,3,9-11,25H2,1-2H3/t14-,19-,22-/m0/s1. The zero-order valence-corrected chi connectivity index (χ0v) is 15.7. The number of ether oxygens (including phenoxy) is 1. The van der Waals surface area contributed by atoms with Gasteiger partial charge in [0.1, 0.15) is 6.07 Å². The van der Waals surface area contributed by atoms with Crippen LogP contribution in [0.25, 0.3) is 0 Å². The minimum Gasteiger partial charge on any atom is -0.464 e. The van der Waals surface area contributed by atoms with Crippen LogP contribution in [-0.2, 0) is 9.53 Å². The molecule has 0 spiro atoms. The third-order valence-corrected chi connectivity index (χ3v) is 5.64. The molecule has 0 saturated carbocycles. The predicted octanol–water partition coefficient (Wildman–Crippen LogP) is 3.71. The summed E-state index contributed by atoms with van der Waals surface area (Å²) in [7, 11) is 0. The van der Waals surface area contributed by atoms with E-state index in [1.54, 1.807) is 6.92 Å². The second-order valence-electron chi connectivity index (χ2n) is 7.24. The second kappa shape index (κ2) is 7.29. The molecule has 0 radical (unpaired) electrons. The van der Waals surface area contributed by atoms with Crippen LogP contribution in [0.3, 0.4) is 0 Å². The first-order valence-corrected chi connectivity index (χ1v) is 9.27. The fraction of sp³-hybridized carbons (Fsp3) is 0.409. The van der Waals surface area contributed by atoms with Gasteiger partial charge in [-0.1, -0.05) is 42.8 Å². The van der Waals surface area contributed by atoms with E-state index in [0.29, 0.717) is 5.92 Å². The molecule has 0 aromatic heterocycles. The number of rotatable bonds is 3.